The molecule has 0 unspecified atom stereocenters. The minimum Gasteiger partial charge on any atom is -0.486 e. The molecule has 1 aromatic carbocycles. The summed E-state index contributed by atoms with van der Waals surface area (Å²) in [5, 5.41) is 9.09. The fourth-order valence-electron chi connectivity index (χ4n) is 2.41. The van der Waals surface area contributed by atoms with Crippen LogP contribution in [0.1, 0.15) is 12.8 Å². The van der Waals surface area contributed by atoms with Crippen LogP contribution >= 0.6 is 0 Å². The topological polar surface area (TPSA) is 41.9 Å². The van der Waals surface area contributed by atoms with Gasteiger partial charge in [-0.1, -0.05) is 12.1 Å². The number of hydrogen-bond donors (Lipinski definition) is 1. The zero-order valence-electron chi connectivity index (χ0n) is 10.4. The lowest BCUT2D eigenvalue weighted by Gasteiger charge is -2.31. The highest BCUT2D eigenvalue weighted by atomic mass is 16.6. The van der Waals surface area contributed by atoms with Crippen LogP contribution in [-0.4, -0.2) is 48.5 Å². The molecule has 0 saturated heterocycles. The van der Waals surface area contributed by atoms with Gasteiger partial charge in [0.25, 0.3) is 0 Å². The molecule has 1 aliphatic carbocycles. The van der Waals surface area contributed by atoms with E-state index < -0.39 is 0 Å². The molecule has 18 heavy (non-hydrogen) atoms. The molecular weight excluding hydrogens is 230 g/mol. The van der Waals surface area contributed by atoms with Crippen molar-refractivity contribution in [1.82, 2.24) is 4.90 Å². The number of benzene rings is 1. The average Bonchev–Trinajstić information content (AvgIpc) is 3.22. The Hall–Kier alpha value is -1.26. The first kappa shape index (κ1) is 11.8. The summed E-state index contributed by atoms with van der Waals surface area (Å²) in [6, 6.07) is 8.41. The van der Waals surface area contributed by atoms with E-state index in [1.165, 1.54) is 12.8 Å². The predicted octanol–water partition coefficient (Wildman–Crippen LogP) is 1.28. The van der Waals surface area contributed by atoms with Crippen molar-refractivity contribution in [3.05, 3.63) is 24.3 Å². The summed E-state index contributed by atoms with van der Waals surface area (Å²) in [6.07, 6.45) is 2.54. The molecule has 98 valence electrons. The second-order valence-electron chi connectivity index (χ2n) is 4.95. The van der Waals surface area contributed by atoms with E-state index >= 15 is 0 Å². The number of rotatable bonds is 5. The van der Waals surface area contributed by atoms with Crippen LogP contribution in [0.3, 0.4) is 0 Å². The molecular formula is C14H19NO3. The maximum absolute atomic E-state index is 9.09. The maximum atomic E-state index is 9.09. The first-order chi connectivity index (χ1) is 8.86. The van der Waals surface area contributed by atoms with E-state index in [0.717, 1.165) is 24.6 Å². The van der Waals surface area contributed by atoms with Crippen molar-refractivity contribution in [2.45, 2.75) is 25.0 Å². The zero-order chi connectivity index (χ0) is 12.4. The minimum absolute atomic E-state index is 0.0621. The average molecular weight is 249 g/mol. The lowest BCUT2D eigenvalue weighted by Crippen LogP contribution is -2.43. The number of fused-ring (bicyclic) bond motifs is 1. The van der Waals surface area contributed by atoms with E-state index in [2.05, 4.69) is 4.90 Å². The van der Waals surface area contributed by atoms with Crippen LogP contribution in [0.4, 0.5) is 0 Å². The van der Waals surface area contributed by atoms with E-state index in [1.54, 1.807) is 0 Å². The van der Waals surface area contributed by atoms with E-state index in [-0.39, 0.29) is 12.7 Å². The number of aliphatic hydroxyl groups is 1. The Balaban J connectivity index is 1.61. The zero-order valence-corrected chi connectivity index (χ0v) is 10.4. The van der Waals surface area contributed by atoms with Gasteiger partial charge in [0.1, 0.15) is 12.7 Å². The molecule has 1 fully saturated rings. The fourth-order valence-corrected chi connectivity index (χ4v) is 2.41. The number of aliphatic hydroxyl groups excluding tert-OH is 1. The third-order valence-electron chi connectivity index (χ3n) is 3.46. The van der Waals surface area contributed by atoms with Crippen LogP contribution in [0.25, 0.3) is 0 Å². The van der Waals surface area contributed by atoms with Crippen molar-refractivity contribution >= 4 is 0 Å². The summed E-state index contributed by atoms with van der Waals surface area (Å²) in [5.41, 5.74) is 0. The molecule has 0 aromatic heterocycles. The third-order valence-corrected chi connectivity index (χ3v) is 3.46. The molecule has 1 aromatic rings. The number of nitrogens with zero attached hydrogens (tertiary/aromatic N) is 1. The minimum atomic E-state index is 0.0621. The summed E-state index contributed by atoms with van der Waals surface area (Å²) in [4.78, 5) is 2.31. The van der Waals surface area contributed by atoms with Crippen LogP contribution < -0.4 is 9.47 Å². The van der Waals surface area contributed by atoms with Crippen molar-refractivity contribution < 1.29 is 14.6 Å². The van der Waals surface area contributed by atoms with Crippen molar-refractivity contribution in [2.24, 2.45) is 0 Å². The van der Waals surface area contributed by atoms with Gasteiger partial charge in [0.2, 0.25) is 0 Å². The van der Waals surface area contributed by atoms with Gasteiger partial charge in [-0.25, -0.2) is 0 Å². The summed E-state index contributed by atoms with van der Waals surface area (Å²) < 4.78 is 11.6. The van der Waals surface area contributed by atoms with E-state index in [1.807, 2.05) is 24.3 Å². The van der Waals surface area contributed by atoms with Gasteiger partial charge in [-0.15, -0.1) is 0 Å². The van der Waals surface area contributed by atoms with E-state index in [0.29, 0.717) is 12.6 Å². The summed E-state index contributed by atoms with van der Waals surface area (Å²) in [5.74, 6) is 1.65. The molecule has 1 heterocycles. The molecule has 3 rings (SSSR count). The molecule has 1 N–H and O–H groups in total. The summed E-state index contributed by atoms with van der Waals surface area (Å²) >= 11 is 0. The molecule has 1 atom stereocenters. The Labute approximate surface area is 107 Å². The maximum Gasteiger partial charge on any atom is 0.161 e. The quantitative estimate of drug-likeness (QED) is 0.853. The second kappa shape index (κ2) is 5.16. The monoisotopic (exact) mass is 249 g/mol. The van der Waals surface area contributed by atoms with Crippen LogP contribution in [0.5, 0.6) is 11.5 Å². The van der Waals surface area contributed by atoms with Crippen LogP contribution in [-0.2, 0) is 0 Å². The normalized spacial score (nSPS) is 22.2. The summed E-state index contributed by atoms with van der Waals surface area (Å²) in [7, 11) is 0. The number of para-hydroxylation sites is 2. The highest BCUT2D eigenvalue weighted by Gasteiger charge is 2.32. The smallest absolute Gasteiger partial charge is 0.161 e. The molecule has 1 aliphatic heterocycles. The van der Waals surface area contributed by atoms with E-state index in [4.69, 9.17) is 14.6 Å². The van der Waals surface area contributed by atoms with Gasteiger partial charge in [0.05, 0.1) is 6.61 Å². The summed E-state index contributed by atoms with van der Waals surface area (Å²) in [6.45, 7) is 2.36. The Morgan fingerprint density at radius 1 is 1.22 bits per heavy atom. The molecule has 2 aliphatic rings. The Bertz CT molecular complexity index is 406. The van der Waals surface area contributed by atoms with Gasteiger partial charge >= 0.3 is 0 Å². The van der Waals surface area contributed by atoms with Crippen LogP contribution in [0, 0.1) is 0 Å². The van der Waals surface area contributed by atoms with Gasteiger partial charge in [0, 0.05) is 19.1 Å². The molecule has 0 amide bonds. The lowest BCUT2D eigenvalue weighted by atomic mass is 10.2. The molecule has 4 heteroatoms. The largest absolute Gasteiger partial charge is 0.486 e. The molecule has 0 spiro atoms. The first-order valence-corrected chi connectivity index (χ1v) is 6.60. The van der Waals surface area contributed by atoms with Crippen molar-refractivity contribution in [3.63, 3.8) is 0 Å². The van der Waals surface area contributed by atoms with Gasteiger partial charge in [0.15, 0.2) is 11.5 Å². The Morgan fingerprint density at radius 3 is 2.72 bits per heavy atom. The lowest BCUT2D eigenvalue weighted by molar-refractivity contribution is 0.0509. The van der Waals surface area contributed by atoms with Crippen molar-refractivity contribution in [2.75, 3.05) is 26.3 Å². The van der Waals surface area contributed by atoms with Crippen LogP contribution in [0.15, 0.2) is 24.3 Å². The van der Waals surface area contributed by atoms with Crippen molar-refractivity contribution in [1.29, 1.82) is 0 Å². The Kier molecular flexibility index (Phi) is 3.39. The fraction of sp³-hybridized carbons (Fsp3) is 0.571. The van der Waals surface area contributed by atoms with Crippen LogP contribution in [0.2, 0.25) is 0 Å². The van der Waals surface area contributed by atoms with Gasteiger partial charge < -0.3 is 14.6 Å². The number of hydrogen-bond acceptors (Lipinski definition) is 4. The molecule has 1 saturated carbocycles. The first-order valence-electron chi connectivity index (χ1n) is 6.60. The second-order valence-corrected chi connectivity index (χ2v) is 4.95. The van der Waals surface area contributed by atoms with Crippen molar-refractivity contribution in [3.8, 4) is 11.5 Å². The third kappa shape index (κ3) is 2.60. The highest BCUT2D eigenvalue weighted by Crippen LogP contribution is 2.32. The SMILES string of the molecule is OCCN(C[C@H]1COc2ccccc2O1)C1CC1. The standard InChI is InChI=1S/C14H19NO3/c16-8-7-15(11-5-6-11)9-12-10-17-13-3-1-2-4-14(13)18-12/h1-4,11-12,16H,5-10H2/t12-/m0/s1. The number of ether oxygens (including phenoxy) is 2. The molecule has 0 radical (unpaired) electrons. The Morgan fingerprint density at radius 2 is 2.00 bits per heavy atom. The highest BCUT2D eigenvalue weighted by molar-refractivity contribution is 5.40. The predicted molar refractivity (Wildman–Crippen MR) is 68.0 cm³/mol. The van der Waals surface area contributed by atoms with Gasteiger partial charge in [-0.3, -0.25) is 4.90 Å². The van der Waals surface area contributed by atoms with E-state index in [9.17, 15) is 0 Å². The molecule has 4 nitrogen and oxygen atoms in total. The molecule has 0 bridgehead atoms. The van der Waals surface area contributed by atoms with Gasteiger partial charge in [-0.2, -0.15) is 0 Å². The van der Waals surface area contributed by atoms with Gasteiger partial charge in [-0.05, 0) is 25.0 Å².